The van der Waals surface area contributed by atoms with Crippen molar-refractivity contribution in [2.45, 2.75) is 0 Å². The van der Waals surface area contributed by atoms with Gasteiger partial charge in [0.05, 0.1) is 6.26 Å². The maximum absolute atomic E-state index is 11.1. The lowest BCUT2D eigenvalue weighted by molar-refractivity contribution is 0.136. The Kier molecular flexibility index (Phi) is 2.87. The van der Waals surface area contributed by atoms with Gasteiger partial charge in [0, 0.05) is 5.39 Å². The molecule has 2 aromatic rings. The van der Waals surface area contributed by atoms with E-state index in [-0.39, 0.29) is 0 Å². The molecule has 16 heavy (non-hydrogen) atoms. The molecule has 2 rings (SSSR count). The van der Waals surface area contributed by atoms with E-state index in [1.807, 2.05) is 36.4 Å². The monoisotopic (exact) mass is 214 g/mol. The normalized spacial score (nSPS) is 9.75. The molecule has 0 aliphatic carbocycles. The second kappa shape index (κ2) is 4.49. The predicted molar refractivity (Wildman–Crippen MR) is 61.3 cm³/mol. The summed E-state index contributed by atoms with van der Waals surface area (Å²) in [4.78, 5) is 11.1. The van der Waals surface area contributed by atoms with Gasteiger partial charge in [-0.1, -0.05) is 43.0 Å². The van der Waals surface area contributed by atoms with Crippen LogP contribution in [0.2, 0.25) is 0 Å². The summed E-state index contributed by atoms with van der Waals surface area (Å²) in [6.45, 7) is 3.28. The zero-order valence-corrected chi connectivity index (χ0v) is 8.55. The highest BCUT2D eigenvalue weighted by molar-refractivity contribution is 5.89. The SMILES string of the molecule is C=COC(=O)Oc1cccc2ccccc12. The second-order valence-corrected chi connectivity index (χ2v) is 3.11. The van der Waals surface area contributed by atoms with E-state index in [4.69, 9.17) is 4.74 Å². The summed E-state index contributed by atoms with van der Waals surface area (Å²) in [5.41, 5.74) is 0. The third-order valence-corrected chi connectivity index (χ3v) is 2.12. The Morgan fingerprint density at radius 1 is 1.12 bits per heavy atom. The maximum atomic E-state index is 11.1. The van der Waals surface area contributed by atoms with Crippen LogP contribution in [0.15, 0.2) is 55.3 Å². The lowest BCUT2D eigenvalue weighted by Crippen LogP contribution is -2.06. The van der Waals surface area contributed by atoms with Crippen LogP contribution in [0.3, 0.4) is 0 Å². The molecule has 0 amide bonds. The van der Waals surface area contributed by atoms with Gasteiger partial charge >= 0.3 is 6.16 Å². The Balaban J connectivity index is 2.37. The molecule has 0 aromatic heterocycles. The van der Waals surface area contributed by atoms with Crippen molar-refractivity contribution < 1.29 is 14.3 Å². The quantitative estimate of drug-likeness (QED) is 0.436. The number of hydrogen-bond donors (Lipinski definition) is 0. The van der Waals surface area contributed by atoms with Crippen molar-refractivity contribution in [2.24, 2.45) is 0 Å². The van der Waals surface area contributed by atoms with Crippen LogP contribution >= 0.6 is 0 Å². The van der Waals surface area contributed by atoms with E-state index in [0.29, 0.717) is 5.75 Å². The Labute approximate surface area is 92.9 Å². The molecule has 0 heterocycles. The average molecular weight is 214 g/mol. The molecule has 0 N–H and O–H groups in total. The minimum atomic E-state index is -0.786. The number of ether oxygens (including phenoxy) is 2. The Morgan fingerprint density at radius 2 is 1.88 bits per heavy atom. The van der Waals surface area contributed by atoms with Gasteiger partial charge in [-0.15, -0.1) is 0 Å². The molecule has 0 aliphatic rings. The van der Waals surface area contributed by atoms with Crippen molar-refractivity contribution in [3.8, 4) is 5.75 Å². The lowest BCUT2D eigenvalue weighted by Gasteiger charge is -2.05. The number of fused-ring (bicyclic) bond motifs is 1. The number of hydrogen-bond acceptors (Lipinski definition) is 3. The molecule has 0 bridgehead atoms. The smallest absolute Gasteiger partial charge is 0.403 e. The molecule has 0 saturated carbocycles. The molecular weight excluding hydrogens is 204 g/mol. The Hall–Kier alpha value is -2.29. The molecule has 0 atom stereocenters. The molecule has 2 aromatic carbocycles. The molecule has 0 fully saturated rings. The van der Waals surface area contributed by atoms with Crippen molar-refractivity contribution in [3.05, 3.63) is 55.3 Å². The maximum Gasteiger partial charge on any atom is 0.518 e. The summed E-state index contributed by atoms with van der Waals surface area (Å²) in [5, 5.41) is 1.87. The highest BCUT2D eigenvalue weighted by Gasteiger charge is 2.07. The van der Waals surface area contributed by atoms with Gasteiger partial charge in [-0.25, -0.2) is 4.79 Å². The highest BCUT2D eigenvalue weighted by Crippen LogP contribution is 2.25. The van der Waals surface area contributed by atoms with Gasteiger partial charge in [0.15, 0.2) is 0 Å². The number of rotatable bonds is 2. The molecule has 0 saturated heterocycles. The first kappa shape index (κ1) is 10.2. The predicted octanol–water partition coefficient (Wildman–Crippen LogP) is 3.50. The standard InChI is InChI=1S/C13H10O3/c1-2-15-13(14)16-12-9-5-7-10-6-3-4-8-11(10)12/h2-9H,1H2. The van der Waals surface area contributed by atoms with Crippen molar-refractivity contribution in [1.82, 2.24) is 0 Å². The van der Waals surface area contributed by atoms with Crippen LogP contribution in [0.4, 0.5) is 4.79 Å². The van der Waals surface area contributed by atoms with Crippen molar-refractivity contribution in [2.75, 3.05) is 0 Å². The molecular formula is C13H10O3. The topological polar surface area (TPSA) is 35.5 Å². The van der Waals surface area contributed by atoms with Crippen LogP contribution in [0.25, 0.3) is 10.8 Å². The first-order valence-electron chi connectivity index (χ1n) is 4.78. The van der Waals surface area contributed by atoms with E-state index in [1.165, 1.54) is 0 Å². The number of carbonyl (C=O) groups excluding carboxylic acids is 1. The fourth-order valence-electron chi connectivity index (χ4n) is 1.47. The van der Waals surface area contributed by atoms with Gasteiger partial charge in [0.1, 0.15) is 5.75 Å². The average Bonchev–Trinajstić information content (AvgIpc) is 2.30. The molecule has 0 radical (unpaired) electrons. The third-order valence-electron chi connectivity index (χ3n) is 2.12. The third kappa shape index (κ3) is 2.03. The van der Waals surface area contributed by atoms with Crippen LogP contribution in [-0.4, -0.2) is 6.16 Å². The van der Waals surface area contributed by atoms with Crippen LogP contribution < -0.4 is 4.74 Å². The molecule has 3 nitrogen and oxygen atoms in total. The van der Waals surface area contributed by atoms with E-state index in [2.05, 4.69) is 11.3 Å². The molecule has 0 unspecified atom stereocenters. The second-order valence-electron chi connectivity index (χ2n) is 3.11. The van der Waals surface area contributed by atoms with Crippen LogP contribution in [0.1, 0.15) is 0 Å². The minimum absolute atomic E-state index is 0.477. The summed E-state index contributed by atoms with van der Waals surface area (Å²) >= 11 is 0. The summed E-state index contributed by atoms with van der Waals surface area (Å²) in [6.07, 6.45) is 0.249. The summed E-state index contributed by atoms with van der Waals surface area (Å²) in [5.74, 6) is 0.477. The van der Waals surface area contributed by atoms with Gasteiger partial charge in [0.25, 0.3) is 0 Å². The Morgan fingerprint density at radius 3 is 2.69 bits per heavy atom. The van der Waals surface area contributed by atoms with Gasteiger partial charge in [-0.3, -0.25) is 0 Å². The number of carbonyl (C=O) groups is 1. The van der Waals surface area contributed by atoms with Crippen molar-refractivity contribution >= 4 is 16.9 Å². The van der Waals surface area contributed by atoms with E-state index >= 15 is 0 Å². The molecule has 3 heteroatoms. The number of benzene rings is 2. The van der Waals surface area contributed by atoms with E-state index < -0.39 is 6.16 Å². The summed E-state index contributed by atoms with van der Waals surface area (Å²) in [6, 6.07) is 13.1. The van der Waals surface area contributed by atoms with Crippen LogP contribution in [0, 0.1) is 0 Å². The van der Waals surface area contributed by atoms with Gasteiger partial charge in [-0.2, -0.15) is 0 Å². The zero-order valence-electron chi connectivity index (χ0n) is 8.55. The largest absolute Gasteiger partial charge is 0.518 e. The molecule has 0 aliphatic heterocycles. The van der Waals surface area contributed by atoms with Crippen LogP contribution in [-0.2, 0) is 4.74 Å². The first-order chi connectivity index (χ1) is 7.81. The highest BCUT2D eigenvalue weighted by atomic mass is 16.7. The van der Waals surface area contributed by atoms with Gasteiger partial charge in [0.2, 0.25) is 0 Å². The van der Waals surface area contributed by atoms with Gasteiger partial charge in [-0.05, 0) is 11.5 Å². The van der Waals surface area contributed by atoms with Crippen molar-refractivity contribution in [3.63, 3.8) is 0 Å². The van der Waals surface area contributed by atoms with Crippen LogP contribution in [0.5, 0.6) is 5.75 Å². The molecule has 80 valence electrons. The summed E-state index contributed by atoms with van der Waals surface area (Å²) < 4.78 is 9.53. The first-order valence-corrected chi connectivity index (χ1v) is 4.78. The fraction of sp³-hybridized carbons (Fsp3) is 0. The molecule has 0 spiro atoms. The zero-order chi connectivity index (χ0) is 11.4. The van der Waals surface area contributed by atoms with E-state index in [0.717, 1.165) is 17.0 Å². The van der Waals surface area contributed by atoms with Crippen molar-refractivity contribution in [1.29, 1.82) is 0 Å². The fourth-order valence-corrected chi connectivity index (χ4v) is 1.47. The van der Waals surface area contributed by atoms with E-state index in [1.54, 1.807) is 6.07 Å². The minimum Gasteiger partial charge on any atom is -0.403 e. The van der Waals surface area contributed by atoms with E-state index in [9.17, 15) is 4.79 Å². The lowest BCUT2D eigenvalue weighted by atomic mass is 10.1. The van der Waals surface area contributed by atoms with Gasteiger partial charge < -0.3 is 9.47 Å². The Bertz CT molecular complexity index is 526. The summed E-state index contributed by atoms with van der Waals surface area (Å²) in [7, 11) is 0.